The number of ether oxygens (including phenoxy) is 6. The predicted octanol–water partition coefficient (Wildman–Crippen LogP) is 14.6. The highest BCUT2D eigenvalue weighted by Gasteiger charge is 2.54. The largest absolute Gasteiger partial charge is 0.394 e. The first-order valence-corrected chi connectivity index (χ1v) is 41.8. The third-order valence-electron chi connectivity index (χ3n) is 20.4. The van der Waals surface area contributed by atoms with E-state index in [0.717, 1.165) is 70.6 Å². The lowest BCUT2D eigenvalue weighted by atomic mass is 9.96. The van der Waals surface area contributed by atoms with Crippen LogP contribution in [-0.2, 0) is 33.2 Å². The molecule has 17 unspecified atom stereocenters. The second-order valence-electron chi connectivity index (χ2n) is 29.5. The molecular formula is C85H151NO18. The van der Waals surface area contributed by atoms with Crippen LogP contribution in [0.5, 0.6) is 0 Å². The second kappa shape index (κ2) is 64.8. The van der Waals surface area contributed by atoms with Gasteiger partial charge in [-0.15, -0.1) is 0 Å². The molecule has 3 saturated heterocycles. The minimum Gasteiger partial charge on any atom is -0.394 e. The van der Waals surface area contributed by atoms with Gasteiger partial charge in [-0.3, -0.25) is 4.79 Å². The summed E-state index contributed by atoms with van der Waals surface area (Å²) >= 11 is 0. The zero-order valence-electron chi connectivity index (χ0n) is 64.7. The number of amides is 1. The summed E-state index contributed by atoms with van der Waals surface area (Å²) in [6.45, 7) is 1.63. The van der Waals surface area contributed by atoms with Gasteiger partial charge in [0.15, 0.2) is 18.9 Å². The van der Waals surface area contributed by atoms with Crippen molar-refractivity contribution in [2.75, 3.05) is 26.4 Å². The molecule has 0 saturated carbocycles. The Balaban J connectivity index is 1.37. The first-order chi connectivity index (χ1) is 50.8. The van der Waals surface area contributed by atoms with Gasteiger partial charge in [-0.1, -0.05) is 311 Å². The third-order valence-corrected chi connectivity index (χ3v) is 20.4. The Morgan fingerprint density at radius 1 is 0.356 bits per heavy atom. The van der Waals surface area contributed by atoms with E-state index in [-0.39, 0.29) is 18.9 Å². The monoisotopic (exact) mass is 1470 g/mol. The van der Waals surface area contributed by atoms with E-state index in [1.54, 1.807) is 6.08 Å². The molecule has 0 bridgehead atoms. The molecule has 3 heterocycles. The number of aliphatic hydroxyl groups is 11. The first kappa shape index (κ1) is 95.2. The van der Waals surface area contributed by atoms with Crippen LogP contribution in [0.4, 0.5) is 0 Å². The lowest BCUT2D eigenvalue weighted by Gasteiger charge is -2.48. The molecule has 104 heavy (non-hydrogen) atoms. The van der Waals surface area contributed by atoms with Gasteiger partial charge < -0.3 is 89.9 Å². The number of nitrogens with one attached hydrogen (secondary N) is 1. The minimum atomic E-state index is -1.99. The van der Waals surface area contributed by atoms with Crippen LogP contribution in [0.1, 0.15) is 316 Å². The molecule has 0 radical (unpaired) electrons. The highest BCUT2D eigenvalue weighted by atomic mass is 16.8. The zero-order valence-corrected chi connectivity index (χ0v) is 64.7. The fraction of sp³-hybridized carbons (Fsp3) is 0.824. The average Bonchev–Trinajstić information content (AvgIpc) is 0.783. The SMILES string of the molecule is CC/C=C\C/C=C\C/C=C\C/C=C\CCCCCCCCCCCCCCCCCCCCCCC(=O)NC(COC1OC(CO)C(OC2OC(CO)C(OC3OC(CO)C(O)C(O)C3O)C(O)C2O)C(O)C1O)C(O)/C=C/CC/C=C/CC/C=C/CCCCCCCCCCCCCCCCCC. The van der Waals surface area contributed by atoms with Crippen molar-refractivity contribution in [2.24, 2.45) is 0 Å². The minimum absolute atomic E-state index is 0.231. The van der Waals surface area contributed by atoms with Crippen molar-refractivity contribution in [3.05, 3.63) is 85.1 Å². The van der Waals surface area contributed by atoms with Crippen molar-refractivity contribution >= 4 is 5.91 Å². The molecule has 0 spiro atoms. The number of unbranched alkanes of at least 4 members (excludes halogenated alkanes) is 38. The number of aliphatic hydroxyl groups excluding tert-OH is 11. The maximum atomic E-state index is 13.5. The lowest BCUT2D eigenvalue weighted by Crippen LogP contribution is -2.66. The van der Waals surface area contributed by atoms with Crippen LogP contribution in [0.3, 0.4) is 0 Å². The maximum Gasteiger partial charge on any atom is 0.220 e. The number of hydrogen-bond acceptors (Lipinski definition) is 18. The van der Waals surface area contributed by atoms with E-state index >= 15 is 0 Å². The Morgan fingerprint density at radius 3 is 1.08 bits per heavy atom. The fourth-order valence-corrected chi connectivity index (χ4v) is 13.7. The van der Waals surface area contributed by atoms with Crippen molar-refractivity contribution in [3.63, 3.8) is 0 Å². The van der Waals surface area contributed by atoms with E-state index in [2.05, 4.69) is 92.1 Å². The topological polar surface area (TPSA) is 307 Å². The van der Waals surface area contributed by atoms with E-state index in [9.17, 15) is 61.0 Å². The summed E-state index contributed by atoms with van der Waals surface area (Å²) < 4.78 is 34.5. The van der Waals surface area contributed by atoms with Crippen molar-refractivity contribution < 1.29 is 89.4 Å². The van der Waals surface area contributed by atoms with Gasteiger partial charge in [-0.25, -0.2) is 0 Å². The Kier molecular flexibility index (Phi) is 59.3. The van der Waals surface area contributed by atoms with Crippen molar-refractivity contribution in [3.8, 4) is 0 Å². The number of allylic oxidation sites excluding steroid dienone is 13. The molecule has 19 heteroatoms. The van der Waals surface area contributed by atoms with Crippen molar-refractivity contribution in [1.29, 1.82) is 0 Å². The lowest BCUT2D eigenvalue weighted by molar-refractivity contribution is -0.379. The van der Waals surface area contributed by atoms with Gasteiger partial charge in [0.25, 0.3) is 0 Å². The van der Waals surface area contributed by atoms with E-state index in [0.29, 0.717) is 12.8 Å². The molecule has 3 rings (SSSR count). The second-order valence-corrected chi connectivity index (χ2v) is 29.5. The fourth-order valence-electron chi connectivity index (χ4n) is 13.7. The molecule has 604 valence electrons. The first-order valence-electron chi connectivity index (χ1n) is 41.8. The molecule has 1 amide bonds. The molecule has 3 fully saturated rings. The molecule has 0 aromatic carbocycles. The zero-order chi connectivity index (χ0) is 75.3. The molecule has 12 N–H and O–H groups in total. The highest BCUT2D eigenvalue weighted by Crippen LogP contribution is 2.33. The van der Waals surface area contributed by atoms with Gasteiger partial charge in [0.2, 0.25) is 5.91 Å². The van der Waals surface area contributed by atoms with Gasteiger partial charge in [0.1, 0.15) is 73.2 Å². The average molecular weight is 1480 g/mol. The Bertz CT molecular complexity index is 2210. The molecule has 19 nitrogen and oxygen atoms in total. The number of hydrogen-bond donors (Lipinski definition) is 12. The smallest absolute Gasteiger partial charge is 0.220 e. The van der Waals surface area contributed by atoms with E-state index in [4.69, 9.17) is 28.4 Å². The summed E-state index contributed by atoms with van der Waals surface area (Å²) in [6.07, 6.45) is 60.1. The van der Waals surface area contributed by atoms with Crippen LogP contribution < -0.4 is 5.32 Å². The predicted molar refractivity (Wildman–Crippen MR) is 415 cm³/mol. The Hall–Kier alpha value is -3.03. The summed E-state index contributed by atoms with van der Waals surface area (Å²) in [7, 11) is 0. The molecule has 17 atom stereocenters. The number of carbonyl (C=O) groups excluding carboxylic acids is 1. The van der Waals surface area contributed by atoms with Gasteiger partial charge in [-0.05, 0) is 83.5 Å². The van der Waals surface area contributed by atoms with Crippen LogP contribution in [0, 0.1) is 0 Å². The molecule has 0 aromatic heterocycles. The number of rotatable bonds is 66. The summed E-state index contributed by atoms with van der Waals surface area (Å²) in [6, 6.07) is -1.00. The van der Waals surface area contributed by atoms with Crippen molar-refractivity contribution in [1.82, 2.24) is 5.32 Å². The maximum absolute atomic E-state index is 13.5. The Labute approximate surface area is 629 Å². The third kappa shape index (κ3) is 44.0. The van der Waals surface area contributed by atoms with Gasteiger partial charge >= 0.3 is 0 Å². The van der Waals surface area contributed by atoms with Crippen LogP contribution in [0.25, 0.3) is 0 Å². The molecule has 3 aliphatic rings. The van der Waals surface area contributed by atoms with Crippen LogP contribution in [-0.4, -0.2) is 193 Å². The van der Waals surface area contributed by atoms with Gasteiger partial charge in [0, 0.05) is 6.42 Å². The standard InChI is InChI=1S/C85H151NO18/c1-3-5-7-9-11-13-15-17-19-21-23-25-27-29-31-32-33-34-35-36-37-39-41-43-45-47-49-51-53-55-57-59-61-63-73(91)86-68(69(90)62-60-58-56-54-52-50-48-46-44-42-40-38-30-28-26-24-22-20-18-16-14-12-10-8-6-4-2)67-99-83-79(97)76(94)81(71(65-88)101-83)104-85-80(98)77(95)82(72(66-89)102-85)103-84-78(96)75(93)74(92)70(64-87)100-84/h5,7,11,13,17,19,23,25,44,46,52,54,60,62,68-72,74-85,87-90,92-98H,3-4,6,8-10,12,14-16,18,20-22,24,26-43,45,47-51,53,55-59,61,63-67H2,1-2H3,(H,86,91)/b7-5-,13-11-,19-17-,25-23-,46-44+,54-52+,62-60+. The highest BCUT2D eigenvalue weighted by molar-refractivity contribution is 5.76. The van der Waals surface area contributed by atoms with E-state index in [1.807, 2.05) is 6.08 Å². The van der Waals surface area contributed by atoms with E-state index < -0.39 is 124 Å². The molecular weight excluding hydrogens is 1320 g/mol. The van der Waals surface area contributed by atoms with E-state index in [1.165, 1.54) is 212 Å². The quantitative estimate of drug-likeness (QED) is 0.0199. The molecule has 0 aromatic rings. The summed E-state index contributed by atoms with van der Waals surface area (Å²) in [5.41, 5.74) is 0. The van der Waals surface area contributed by atoms with Gasteiger partial charge in [-0.2, -0.15) is 0 Å². The van der Waals surface area contributed by atoms with Gasteiger partial charge in [0.05, 0.1) is 38.6 Å². The van der Waals surface area contributed by atoms with Crippen LogP contribution in [0.2, 0.25) is 0 Å². The summed E-state index contributed by atoms with van der Waals surface area (Å²) in [4.78, 5) is 13.5. The molecule has 3 aliphatic heterocycles. The van der Waals surface area contributed by atoms with Crippen LogP contribution in [0.15, 0.2) is 85.1 Å². The summed E-state index contributed by atoms with van der Waals surface area (Å²) in [5.74, 6) is -0.287. The summed E-state index contributed by atoms with van der Waals surface area (Å²) in [5, 5.41) is 121. The Morgan fingerprint density at radius 2 is 0.673 bits per heavy atom. The number of carbonyl (C=O) groups is 1. The molecule has 0 aliphatic carbocycles. The van der Waals surface area contributed by atoms with Crippen LogP contribution >= 0.6 is 0 Å². The van der Waals surface area contributed by atoms with Crippen molar-refractivity contribution in [2.45, 2.75) is 420 Å². The normalized spacial score (nSPS) is 26.3.